The maximum absolute atomic E-state index is 12.1. The molecule has 1 aromatic rings. The number of hydrogen-bond acceptors (Lipinski definition) is 6. The van der Waals surface area contributed by atoms with E-state index in [1.165, 1.54) is 16.7 Å². The standard InChI is InChI=1S/C15H23N3O3S/c1-9-6-10(2)17-13(16-9)22-12-8-18(7-11(12)19)14(20)21-15(3,4)5/h6,11-12,19H,7-8H2,1-5H3/t11-,12-/m1/s1. The summed E-state index contributed by atoms with van der Waals surface area (Å²) in [5.41, 5.74) is 1.25. The van der Waals surface area contributed by atoms with Crippen LogP contribution in [0.2, 0.25) is 0 Å². The summed E-state index contributed by atoms with van der Waals surface area (Å²) in [5.74, 6) is 0. The minimum absolute atomic E-state index is 0.145. The van der Waals surface area contributed by atoms with Gasteiger partial charge >= 0.3 is 6.09 Å². The molecule has 0 bridgehead atoms. The summed E-state index contributed by atoms with van der Waals surface area (Å²) in [6.45, 7) is 10.0. The summed E-state index contributed by atoms with van der Waals surface area (Å²) >= 11 is 1.41. The number of amides is 1. The highest BCUT2D eigenvalue weighted by molar-refractivity contribution is 7.99. The van der Waals surface area contributed by atoms with Gasteiger partial charge in [-0.1, -0.05) is 11.8 Å². The van der Waals surface area contributed by atoms with Crippen molar-refractivity contribution in [3.05, 3.63) is 17.5 Å². The molecule has 2 atom stereocenters. The molecule has 1 saturated heterocycles. The molecule has 2 heterocycles. The number of aliphatic hydroxyl groups is 1. The first-order chi connectivity index (χ1) is 10.1. The number of carbonyl (C=O) groups excluding carboxylic acids is 1. The van der Waals surface area contributed by atoms with Gasteiger partial charge in [-0.25, -0.2) is 14.8 Å². The predicted molar refractivity (Wildman–Crippen MR) is 85.0 cm³/mol. The van der Waals surface area contributed by atoms with E-state index in [-0.39, 0.29) is 11.8 Å². The van der Waals surface area contributed by atoms with E-state index in [1.54, 1.807) is 0 Å². The number of aromatic nitrogens is 2. The van der Waals surface area contributed by atoms with E-state index < -0.39 is 17.8 Å². The Morgan fingerprint density at radius 1 is 1.32 bits per heavy atom. The molecule has 1 N–H and O–H groups in total. The number of nitrogens with zero attached hydrogens (tertiary/aromatic N) is 3. The number of thioether (sulfide) groups is 1. The first-order valence-corrected chi connectivity index (χ1v) is 8.17. The smallest absolute Gasteiger partial charge is 0.410 e. The molecule has 122 valence electrons. The SMILES string of the molecule is Cc1cc(C)nc(S[C@@H]2CN(C(=O)OC(C)(C)C)C[C@H]2O)n1. The van der Waals surface area contributed by atoms with Crippen LogP contribution in [0.25, 0.3) is 0 Å². The third kappa shape index (κ3) is 4.58. The Morgan fingerprint density at radius 3 is 2.45 bits per heavy atom. The van der Waals surface area contributed by atoms with Crippen LogP contribution in [-0.4, -0.2) is 56.1 Å². The maximum Gasteiger partial charge on any atom is 0.410 e. The number of β-amino-alcohol motifs (C(OH)–C–C–N with tert-alkyl or cyclic N) is 1. The zero-order chi connectivity index (χ0) is 16.5. The topological polar surface area (TPSA) is 75.6 Å². The van der Waals surface area contributed by atoms with Gasteiger partial charge < -0.3 is 14.7 Å². The molecule has 0 spiro atoms. The molecule has 0 saturated carbocycles. The third-order valence-corrected chi connectivity index (χ3v) is 4.27. The average Bonchev–Trinajstić information content (AvgIpc) is 2.67. The van der Waals surface area contributed by atoms with Gasteiger partial charge in [-0.05, 0) is 40.7 Å². The molecule has 22 heavy (non-hydrogen) atoms. The van der Waals surface area contributed by atoms with Crippen molar-refractivity contribution in [1.29, 1.82) is 0 Å². The molecule has 0 aromatic carbocycles. The lowest BCUT2D eigenvalue weighted by molar-refractivity contribution is 0.0270. The number of carbonyl (C=O) groups is 1. The molecule has 6 nitrogen and oxygen atoms in total. The van der Waals surface area contributed by atoms with Crippen LogP contribution in [0, 0.1) is 13.8 Å². The Balaban J connectivity index is 2.00. The van der Waals surface area contributed by atoms with Crippen molar-refractivity contribution in [3.63, 3.8) is 0 Å². The van der Waals surface area contributed by atoms with Crippen LogP contribution in [0.4, 0.5) is 4.79 Å². The second kappa shape index (κ2) is 6.42. The lowest BCUT2D eigenvalue weighted by Gasteiger charge is -2.24. The van der Waals surface area contributed by atoms with Gasteiger partial charge in [0.15, 0.2) is 5.16 Å². The molecule has 2 rings (SSSR count). The molecule has 7 heteroatoms. The van der Waals surface area contributed by atoms with Gasteiger partial charge in [-0.2, -0.15) is 0 Å². The molecule has 1 aliphatic rings. The summed E-state index contributed by atoms with van der Waals surface area (Å²) in [7, 11) is 0. The van der Waals surface area contributed by atoms with Gasteiger partial charge in [0.1, 0.15) is 5.60 Å². The van der Waals surface area contributed by atoms with Crippen molar-refractivity contribution in [1.82, 2.24) is 14.9 Å². The summed E-state index contributed by atoms with van der Waals surface area (Å²) in [6, 6.07) is 1.90. The fourth-order valence-corrected chi connectivity index (χ4v) is 3.39. The number of likely N-dealkylation sites (tertiary alicyclic amines) is 1. The minimum atomic E-state index is -0.609. The number of ether oxygens (including phenoxy) is 1. The second-order valence-corrected chi connectivity index (χ2v) is 7.75. The highest BCUT2D eigenvalue weighted by Gasteiger charge is 2.37. The predicted octanol–water partition coefficient (Wildman–Crippen LogP) is 2.17. The third-order valence-electron chi connectivity index (χ3n) is 3.11. The zero-order valence-corrected chi connectivity index (χ0v) is 14.5. The fourth-order valence-electron chi connectivity index (χ4n) is 2.23. The van der Waals surface area contributed by atoms with E-state index >= 15 is 0 Å². The van der Waals surface area contributed by atoms with Crippen LogP contribution >= 0.6 is 11.8 Å². The number of rotatable bonds is 2. The van der Waals surface area contributed by atoms with Gasteiger partial charge in [0.2, 0.25) is 0 Å². The number of aryl methyl sites for hydroxylation is 2. The van der Waals surface area contributed by atoms with Crippen LogP contribution in [0.3, 0.4) is 0 Å². The molecule has 1 amide bonds. The van der Waals surface area contributed by atoms with Crippen LogP contribution in [0.5, 0.6) is 0 Å². The average molecular weight is 325 g/mol. The Kier molecular flexibility index (Phi) is 4.97. The Morgan fingerprint density at radius 2 is 1.91 bits per heavy atom. The summed E-state index contributed by atoms with van der Waals surface area (Å²) in [5, 5.41) is 10.7. The highest BCUT2D eigenvalue weighted by atomic mass is 32.2. The monoisotopic (exact) mass is 325 g/mol. The molecule has 0 unspecified atom stereocenters. The summed E-state index contributed by atoms with van der Waals surface area (Å²) in [6.07, 6.45) is -1.00. The Bertz CT molecular complexity index is 539. The minimum Gasteiger partial charge on any atom is -0.444 e. The molecule has 0 aliphatic carbocycles. The molecule has 1 aliphatic heterocycles. The van der Waals surface area contributed by atoms with Gasteiger partial charge in [0, 0.05) is 17.9 Å². The van der Waals surface area contributed by atoms with Crippen LogP contribution < -0.4 is 0 Å². The first-order valence-electron chi connectivity index (χ1n) is 7.29. The van der Waals surface area contributed by atoms with Crippen LogP contribution in [0.15, 0.2) is 11.2 Å². The van der Waals surface area contributed by atoms with Crippen LogP contribution in [0.1, 0.15) is 32.2 Å². The summed E-state index contributed by atoms with van der Waals surface area (Å²) in [4.78, 5) is 22.3. The van der Waals surface area contributed by atoms with Gasteiger partial charge in [0.05, 0.1) is 17.9 Å². The van der Waals surface area contributed by atoms with Crippen molar-refractivity contribution in [2.24, 2.45) is 0 Å². The summed E-state index contributed by atoms with van der Waals surface area (Å²) < 4.78 is 5.34. The van der Waals surface area contributed by atoms with Gasteiger partial charge in [0.25, 0.3) is 0 Å². The van der Waals surface area contributed by atoms with Crippen molar-refractivity contribution in [2.45, 2.75) is 56.7 Å². The quantitative estimate of drug-likeness (QED) is 0.840. The highest BCUT2D eigenvalue weighted by Crippen LogP contribution is 2.29. The van der Waals surface area contributed by atoms with Gasteiger partial charge in [-0.3, -0.25) is 0 Å². The lowest BCUT2D eigenvalue weighted by Crippen LogP contribution is -2.35. The molecule has 0 radical (unpaired) electrons. The second-order valence-electron chi connectivity index (χ2n) is 6.54. The zero-order valence-electron chi connectivity index (χ0n) is 13.7. The van der Waals surface area contributed by atoms with Crippen molar-refractivity contribution >= 4 is 17.9 Å². The van der Waals surface area contributed by atoms with Crippen LogP contribution in [-0.2, 0) is 4.74 Å². The largest absolute Gasteiger partial charge is 0.444 e. The molecule has 1 fully saturated rings. The van der Waals surface area contributed by atoms with E-state index in [9.17, 15) is 9.90 Å². The van der Waals surface area contributed by atoms with E-state index in [0.29, 0.717) is 11.7 Å². The van der Waals surface area contributed by atoms with E-state index in [1.807, 2.05) is 40.7 Å². The molecule has 1 aromatic heterocycles. The Hall–Kier alpha value is -1.34. The van der Waals surface area contributed by atoms with Crippen molar-refractivity contribution in [3.8, 4) is 0 Å². The first kappa shape index (κ1) is 17.0. The van der Waals surface area contributed by atoms with Crippen molar-refractivity contribution in [2.75, 3.05) is 13.1 Å². The van der Waals surface area contributed by atoms with E-state index in [4.69, 9.17) is 4.74 Å². The maximum atomic E-state index is 12.1. The molecular weight excluding hydrogens is 302 g/mol. The number of aliphatic hydroxyl groups excluding tert-OH is 1. The molecular formula is C15H23N3O3S. The van der Waals surface area contributed by atoms with E-state index in [2.05, 4.69) is 9.97 Å². The lowest BCUT2D eigenvalue weighted by atomic mass is 10.2. The number of hydrogen-bond donors (Lipinski definition) is 1. The normalized spacial score (nSPS) is 22.0. The van der Waals surface area contributed by atoms with Gasteiger partial charge in [-0.15, -0.1) is 0 Å². The Labute approximate surface area is 135 Å². The van der Waals surface area contributed by atoms with Crippen molar-refractivity contribution < 1.29 is 14.6 Å². The fraction of sp³-hybridized carbons (Fsp3) is 0.667. The van der Waals surface area contributed by atoms with E-state index in [0.717, 1.165) is 11.4 Å².